The van der Waals surface area contributed by atoms with Gasteiger partial charge in [0.1, 0.15) is 18.9 Å². The van der Waals surface area contributed by atoms with Crippen LogP contribution < -0.4 is 14.4 Å². The van der Waals surface area contributed by atoms with E-state index in [2.05, 4.69) is 5.32 Å². The Hall–Kier alpha value is -2.68. The Morgan fingerprint density at radius 1 is 1.00 bits per heavy atom. The Labute approximate surface area is 216 Å². The van der Waals surface area contributed by atoms with Crippen LogP contribution in [0.2, 0.25) is 5.02 Å². The largest absolute Gasteiger partial charge is 0.489 e. The van der Waals surface area contributed by atoms with E-state index in [0.29, 0.717) is 24.6 Å². The van der Waals surface area contributed by atoms with Crippen molar-refractivity contribution in [3.63, 3.8) is 0 Å². The molecule has 6 nitrogen and oxygen atoms in total. The molecule has 0 aliphatic carbocycles. The first-order valence-corrected chi connectivity index (χ1v) is 14.5. The molecule has 1 amide bonds. The zero-order valence-electron chi connectivity index (χ0n) is 19.5. The standard InChI is InChI=1S/C26H29ClN2O4S2/c1-35(31,32)29(24-11-13-25(14-12-24)33-19-21-7-3-2-4-8-21)18-26(30)28-15-6-16-34-20-22-9-5-10-23(27)17-22/h2-5,7-14,17H,6,15-16,18-20H2,1H3,(H,28,30). The molecule has 0 spiro atoms. The van der Waals surface area contributed by atoms with Gasteiger partial charge in [0.2, 0.25) is 15.9 Å². The van der Waals surface area contributed by atoms with Crippen molar-refractivity contribution < 1.29 is 17.9 Å². The number of carbonyl (C=O) groups excluding carboxylic acids is 1. The lowest BCUT2D eigenvalue weighted by atomic mass is 10.2. The maximum atomic E-state index is 12.4. The van der Waals surface area contributed by atoms with Crippen LogP contribution in [0.25, 0.3) is 0 Å². The van der Waals surface area contributed by atoms with Crippen molar-refractivity contribution in [1.82, 2.24) is 5.32 Å². The molecule has 35 heavy (non-hydrogen) atoms. The normalized spacial score (nSPS) is 11.1. The van der Waals surface area contributed by atoms with Gasteiger partial charge < -0.3 is 10.1 Å². The monoisotopic (exact) mass is 532 g/mol. The zero-order chi connectivity index (χ0) is 25.1. The van der Waals surface area contributed by atoms with Crippen molar-refractivity contribution in [2.75, 3.05) is 29.4 Å². The lowest BCUT2D eigenvalue weighted by molar-refractivity contribution is -0.119. The number of rotatable bonds is 13. The lowest BCUT2D eigenvalue weighted by Crippen LogP contribution is -2.40. The van der Waals surface area contributed by atoms with E-state index in [9.17, 15) is 13.2 Å². The summed E-state index contributed by atoms with van der Waals surface area (Å²) in [5.41, 5.74) is 2.60. The van der Waals surface area contributed by atoms with Gasteiger partial charge in [-0.05, 0) is 59.7 Å². The first-order chi connectivity index (χ1) is 16.8. The topological polar surface area (TPSA) is 75.7 Å². The maximum absolute atomic E-state index is 12.4. The molecule has 3 aromatic rings. The molecule has 0 unspecified atom stereocenters. The van der Waals surface area contributed by atoms with Gasteiger partial charge in [0.15, 0.2) is 0 Å². The smallest absolute Gasteiger partial charge is 0.240 e. The second kappa shape index (κ2) is 13.4. The Morgan fingerprint density at radius 2 is 1.71 bits per heavy atom. The second-order valence-corrected chi connectivity index (χ2v) is 11.4. The third-order valence-corrected chi connectivity index (χ3v) is 7.50. The number of anilines is 1. The molecule has 0 radical (unpaired) electrons. The summed E-state index contributed by atoms with van der Waals surface area (Å²) in [6.45, 7) is 0.611. The number of hydrogen-bond acceptors (Lipinski definition) is 5. The highest BCUT2D eigenvalue weighted by atomic mass is 35.5. The molecule has 0 heterocycles. The van der Waals surface area contributed by atoms with Crippen LogP contribution in [-0.2, 0) is 27.2 Å². The molecule has 0 bridgehead atoms. The number of amides is 1. The summed E-state index contributed by atoms with van der Waals surface area (Å²) in [6, 6.07) is 24.2. The van der Waals surface area contributed by atoms with E-state index in [1.54, 1.807) is 36.0 Å². The lowest BCUT2D eigenvalue weighted by Gasteiger charge is -2.22. The van der Waals surface area contributed by atoms with Crippen molar-refractivity contribution >= 4 is 45.0 Å². The maximum Gasteiger partial charge on any atom is 0.240 e. The number of ether oxygens (including phenoxy) is 1. The van der Waals surface area contributed by atoms with Gasteiger partial charge in [-0.3, -0.25) is 9.10 Å². The van der Waals surface area contributed by atoms with Crippen LogP contribution in [0, 0.1) is 0 Å². The molecule has 0 saturated carbocycles. The van der Waals surface area contributed by atoms with Crippen molar-refractivity contribution in [3.05, 3.63) is 95.0 Å². The summed E-state index contributed by atoms with van der Waals surface area (Å²) in [7, 11) is -3.64. The number of carbonyl (C=O) groups is 1. The summed E-state index contributed by atoms with van der Waals surface area (Å²) < 4.78 is 31.5. The fraction of sp³-hybridized carbons (Fsp3) is 0.269. The predicted octanol–water partition coefficient (Wildman–Crippen LogP) is 5.12. The summed E-state index contributed by atoms with van der Waals surface area (Å²) in [4.78, 5) is 12.4. The van der Waals surface area contributed by atoms with Gasteiger partial charge in [-0.1, -0.05) is 54.1 Å². The van der Waals surface area contributed by atoms with Gasteiger partial charge in [0.05, 0.1) is 11.9 Å². The average Bonchev–Trinajstić information content (AvgIpc) is 2.84. The summed E-state index contributed by atoms with van der Waals surface area (Å²) in [5.74, 6) is 1.99. The zero-order valence-corrected chi connectivity index (χ0v) is 21.9. The quantitative estimate of drug-likeness (QED) is 0.309. The average molecular weight is 533 g/mol. The summed E-state index contributed by atoms with van der Waals surface area (Å²) in [6.07, 6.45) is 1.87. The van der Waals surface area contributed by atoms with Crippen molar-refractivity contribution in [2.45, 2.75) is 18.8 Å². The molecule has 3 aromatic carbocycles. The van der Waals surface area contributed by atoms with Gasteiger partial charge in [-0.15, -0.1) is 0 Å². The number of hydrogen-bond donors (Lipinski definition) is 1. The Kier molecular flexibility index (Phi) is 10.3. The third-order valence-electron chi connectivity index (χ3n) is 5.01. The van der Waals surface area contributed by atoms with E-state index < -0.39 is 10.0 Å². The highest BCUT2D eigenvalue weighted by Crippen LogP contribution is 2.22. The predicted molar refractivity (Wildman–Crippen MR) is 145 cm³/mol. The van der Waals surface area contributed by atoms with E-state index in [1.807, 2.05) is 54.6 Å². The first kappa shape index (κ1) is 26.9. The summed E-state index contributed by atoms with van der Waals surface area (Å²) in [5, 5.41) is 3.53. The van der Waals surface area contributed by atoms with Crippen molar-refractivity contribution in [2.24, 2.45) is 0 Å². The second-order valence-electron chi connectivity index (χ2n) is 7.92. The SMILES string of the molecule is CS(=O)(=O)N(CC(=O)NCCCSCc1cccc(Cl)c1)c1ccc(OCc2ccccc2)cc1. The molecule has 0 aliphatic heterocycles. The molecule has 1 N–H and O–H groups in total. The van der Waals surface area contributed by atoms with Gasteiger partial charge in [-0.2, -0.15) is 11.8 Å². The van der Waals surface area contributed by atoms with E-state index >= 15 is 0 Å². The van der Waals surface area contributed by atoms with Crippen molar-refractivity contribution in [3.8, 4) is 5.75 Å². The Morgan fingerprint density at radius 3 is 2.40 bits per heavy atom. The van der Waals surface area contributed by atoms with E-state index in [0.717, 1.165) is 44.6 Å². The number of nitrogens with one attached hydrogen (secondary N) is 1. The van der Waals surface area contributed by atoms with E-state index in [4.69, 9.17) is 16.3 Å². The number of sulfonamides is 1. The van der Waals surface area contributed by atoms with Crippen molar-refractivity contribution in [1.29, 1.82) is 0 Å². The minimum atomic E-state index is -3.64. The van der Waals surface area contributed by atoms with Crippen LogP contribution in [0.3, 0.4) is 0 Å². The molecule has 0 aliphatic rings. The van der Waals surface area contributed by atoms with Gasteiger partial charge in [-0.25, -0.2) is 8.42 Å². The molecule has 0 fully saturated rings. The minimum absolute atomic E-state index is 0.279. The van der Waals surface area contributed by atoms with Crippen LogP contribution in [0.15, 0.2) is 78.9 Å². The summed E-state index contributed by atoms with van der Waals surface area (Å²) >= 11 is 7.75. The van der Waals surface area contributed by atoms with Crippen LogP contribution >= 0.6 is 23.4 Å². The molecule has 0 aromatic heterocycles. The minimum Gasteiger partial charge on any atom is -0.489 e. The molecule has 186 valence electrons. The third kappa shape index (κ3) is 9.47. The number of benzene rings is 3. The van der Waals surface area contributed by atoms with Crippen LogP contribution in [-0.4, -0.2) is 39.4 Å². The Bertz CT molecular complexity index is 1190. The number of thioether (sulfide) groups is 1. The molecule has 3 rings (SSSR count). The molecule has 0 saturated heterocycles. The molecular weight excluding hydrogens is 504 g/mol. The molecule has 9 heteroatoms. The molecular formula is C26H29ClN2O4S2. The molecule has 0 atom stereocenters. The van der Waals surface area contributed by atoms with Gasteiger partial charge in [0, 0.05) is 17.3 Å². The van der Waals surface area contributed by atoms with Gasteiger partial charge in [0.25, 0.3) is 0 Å². The first-order valence-electron chi connectivity index (χ1n) is 11.1. The highest BCUT2D eigenvalue weighted by molar-refractivity contribution is 7.98. The number of halogens is 1. The fourth-order valence-electron chi connectivity index (χ4n) is 3.25. The van der Waals surface area contributed by atoms with E-state index in [1.165, 1.54) is 0 Å². The fourth-order valence-corrected chi connectivity index (χ4v) is 5.23. The van der Waals surface area contributed by atoms with Gasteiger partial charge >= 0.3 is 0 Å². The van der Waals surface area contributed by atoms with Crippen LogP contribution in [0.5, 0.6) is 5.75 Å². The number of nitrogens with zero attached hydrogens (tertiary/aromatic N) is 1. The van der Waals surface area contributed by atoms with E-state index in [-0.39, 0.29) is 12.5 Å². The highest BCUT2D eigenvalue weighted by Gasteiger charge is 2.20. The van der Waals surface area contributed by atoms with Crippen LogP contribution in [0.4, 0.5) is 5.69 Å². The van der Waals surface area contributed by atoms with Crippen LogP contribution in [0.1, 0.15) is 17.5 Å². The Balaban J connectivity index is 1.44.